The summed E-state index contributed by atoms with van der Waals surface area (Å²) in [7, 11) is -3.60. The first kappa shape index (κ1) is 23.5. The van der Waals surface area contributed by atoms with Crippen LogP contribution in [0, 0.1) is 0 Å². The van der Waals surface area contributed by atoms with E-state index in [1.54, 1.807) is 30.5 Å². The number of hydrogen-bond acceptors (Lipinski definition) is 6. The normalized spacial score (nSPS) is 14.7. The van der Waals surface area contributed by atoms with Gasteiger partial charge in [-0.3, -0.25) is 4.79 Å². The maximum absolute atomic E-state index is 12.7. The summed E-state index contributed by atoms with van der Waals surface area (Å²) in [6, 6.07) is 12.4. The van der Waals surface area contributed by atoms with E-state index < -0.39 is 15.9 Å². The van der Waals surface area contributed by atoms with Crippen molar-refractivity contribution in [1.29, 1.82) is 0 Å². The van der Waals surface area contributed by atoms with E-state index in [1.807, 2.05) is 0 Å². The number of amides is 1. The number of halogens is 2. The van der Waals surface area contributed by atoms with E-state index in [0.717, 1.165) is 0 Å². The fourth-order valence-corrected chi connectivity index (χ4v) is 5.00. The summed E-state index contributed by atoms with van der Waals surface area (Å²) in [4.78, 5) is 12.7. The molecule has 1 aliphatic heterocycles. The van der Waals surface area contributed by atoms with Gasteiger partial charge in [-0.2, -0.15) is 9.40 Å². The van der Waals surface area contributed by atoms with Crippen molar-refractivity contribution in [1.82, 2.24) is 14.1 Å². The van der Waals surface area contributed by atoms with E-state index in [0.29, 0.717) is 47.8 Å². The highest BCUT2D eigenvalue weighted by molar-refractivity contribution is 7.89. The number of rotatable bonds is 7. The van der Waals surface area contributed by atoms with Crippen molar-refractivity contribution < 1.29 is 22.7 Å². The summed E-state index contributed by atoms with van der Waals surface area (Å²) in [5, 5.41) is 7.75. The van der Waals surface area contributed by atoms with Gasteiger partial charge in [0.25, 0.3) is 5.91 Å². The summed E-state index contributed by atoms with van der Waals surface area (Å²) >= 11 is 11.9. The highest BCUT2D eigenvalue weighted by Crippen LogP contribution is 2.27. The molecule has 1 aliphatic rings. The Bertz CT molecular complexity index is 1240. The minimum Gasteiger partial charge on any atom is -0.470 e. The highest BCUT2D eigenvalue weighted by Gasteiger charge is 2.26. The maximum atomic E-state index is 12.7. The van der Waals surface area contributed by atoms with E-state index in [4.69, 9.17) is 32.7 Å². The number of benzene rings is 2. The molecule has 0 atom stereocenters. The van der Waals surface area contributed by atoms with Gasteiger partial charge in [-0.15, -0.1) is 0 Å². The third-order valence-corrected chi connectivity index (χ3v) is 7.28. The monoisotopic (exact) mass is 510 g/mol. The van der Waals surface area contributed by atoms with Crippen LogP contribution >= 0.6 is 23.2 Å². The predicted octanol–water partition coefficient (Wildman–Crippen LogP) is 3.50. The van der Waals surface area contributed by atoms with Crippen LogP contribution in [0.3, 0.4) is 0 Å². The predicted molar refractivity (Wildman–Crippen MR) is 123 cm³/mol. The summed E-state index contributed by atoms with van der Waals surface area (Å²) in [5.74, 6) is -0.00301. The zero-order valence-corrected chi connectivity index (χ0v) is 19.6. The molecule has 174 valence electrons. The smallest absolute Gasteiger partial charge is 0.276 e. The van der Waals surface area contributed by atoms with Crippen molar-refractivity contribution in [2.24, 2.45) is 0 Å². The Balaban J connectivity index is 1.36. The Kier molecular flexibility index (Phi) is 7.20. The molecule has 2 heterocycles. The Labute approximate surface area is 200 Å². The third kappa shape index (κ3) is 5.66. The Morgan fingerprint density at radius 3 is 2.52 bits per heavy atom. The lowest BCUT2D eigenvalue weighted by atomic mass is 10.3. The summed E-state index contributed by atoms with van der Waals surface area (Å²) in [6.45, 7) is 1.42. The van der Waals surface area contributed by atoms with Gasteiger partial charge in [-0.25, -0.2) is 13.1 Å². The number of nitrogens with one attached hydrogen (secondary N) is 1. The van der Waals surface area contributed by atoms with Gasteiger partial charge >= 0.3 is 0 Å². The van der Waals surface area contributed by atoms with Crippen LogP contribution in [0.15, 0.2) is 59.6 Å². The molecule has 1 amide bonds. The van der Waals surface area contributed by atoms with Crippen LogP contribution in [0.1, 0.15) is 10.5 Å². The second kappa shape index (κ2) is 10.1. The van der Waals surface area contributed by atoms with Gasteiger partial charge in [0.15, 0.2) is 12.4 Å². The lowest BCUT2D eigenvalue weighted by Crippen LogP contribution is -2.40. The lowest BCUT2D eigenvalue weighted by molar-refractivity contribution is 0.0730. The molecule has 0 spiro atoms. The number of hydrogen-bond donors (Lipinski definition) is 1. The molecule has 12 heteroatoms. The molecule has 1 aromatic heterocycles. The molecule has 1 N–H and O–H groups in total. The van der Waals surface area contributed by atoms with Crippen LogP contribution in [-0.2, 0) is 21.5 Å². The van der Waals surface area contributed by atoms with Gasteiger partial charge in [0.05, 0.1) is 23.1 Å². The quantitative estimate of drug-likeness (QED) is 0.521. The van der Waals surface area contributed by atoms with Crippen LogP contribution in [0.2, 0.25) is 10.0 Å². The number of carbonyl (C=O) groups is 1. The van der Waals surface area contributed by atoms with Gasteiger partial charge < -0.3 is 14.8 Å². The zero-order valence-electron chi connectivity index (χ0n) is 17.3. The number of anilines is 1. The minimum absolute atomic E-state index is 0.0444. The minimum atomic E-state index is -3.60. The van der Waals surface area contributed by atoms with Gasteiger partial charge in [0.2, 0.25) is 10.0 Å². The van der Waals surface area contributed by atoms with Crippen molar-refractivity contribution in [3.63, 3.8) is 0 Å². The van der Waals surface area contributed by atoms with Crippen molar-refractivity contribution in [3.05, 3.63) is 70.5 Å². The van der Waals surface area contributed by atoms with E-state index in [2.05, 4.69) is 10.4 Å². The second-order valence-electron chi connectivity index (χ2n) is 7.08. The summed E-state index contributed by atoms with van der Waals surface area (Å²) in [6.07, 6.45) is 1.59. The fourth-order valence-electron chi connectivity index (χ4n) is 3.12. The van der Waals surface area contributed by atoms with Crippen molar-refractivity contribution in [2.75, 3.05) is 31.6 Å². The first-order chi connectivity index (χ1) is 15.8. The number of sulfonamides is 1. The largest absolute Gasteiger partial charge is 0.470 e. The van der Waals surface area contributed by atoms with Gasteiger partial charge in [0.1, 0.15) is 5.75 Å². The van der Waals surface area contributed by atoms with Gasteiger partial charge in [-0.1, -0.05) is 23.2 Å². The fraction of sp³-hybridized carbons (Fsp3) is 0.238. The zero-order chi connectivity index (χ0) is 23.4. The van der Waals surface area contributed by atoms with E-state index in [1.165, 1.54) is 33.3 Å². The molecule has 0 bridgehead atoms. The first-order valence-electron chi connectivity index (χ1n) is 9.93. The van der Waals surface area contributed by atoms with Crippen LogP contribution in [-0.4, -0.2) is 54.7 Å². The molecular weight excluding hydrogens is 491 g/mol. The molecule has 0 aliphatic carbocycles. The average Bonchev–Trinajstić information content (AvgIpc) is 3.29. The molecule has 0 saturated carbocycles. The van der Waals surface area contributed by atoms with Crippen molar-refractivity contribution in [2.45, 2.75) is 11.6 Å². The summed E-state index contributed by atoms with van der Waals surface area (Å²) < 4.78 is 39.0. The maximum Gasteiger partial charge on any atom is 0.276 e. The van der Waals surface area contributed by atoms with Crippen LogP contribution in [0.25, 0.3) is 0 Å². The van der Waals surface area contributed by atoms with Crippen molar-refractivity contribution >= 4 is 44.8 Å². The molecule has 0 radical (unpaired) electrons. The number of ether oxygens (including phenoxy) is 2. The second-order valence-corrected chi connectivity index (χ2v) is 9.87. The molecule has 1 saturated heterocycles. The van der Waals surface area contributed by atoms with E-state index in [-0.39, 0.29) is 17.3 Å². The lowest BCUT2D eigenvalue weighted by Gasteiger charge is -2.26. The van der Waals surface area contributed by atoms with Gasteiger partial charge in [-0.05, 0) is 48.5 Å². The molecule has 4 rings (SSSR count). The van der Waals surface area contributed by atoms with Crippen LogP contribution < -0.4 is 10.1 Å². The molecule has 9 nitrogen and oxygen atoms in total. The molecule has 0 unspecified atom stereocenters. The summed E-state index contributed by atoms with van der Waals surface area (Å²) in [5.41, 5.74) is 0.616. The van der Waals surface area contributed by atoms with E-state index >= 15 is 0 Å². The van der Waals surface area contributed by atoms with Crippen LogP contribution in [0.4, 0.5) is 5.69 Å². The Morgan fingerprint density at radius 2 is 1.82 bits per heavy atom. The molecule has 33 heavy (non-hydrogen) atoms. The number of aromatic nitrogens is 2. The molecule has 2 aromatic carbocycles. The van der Waals surface area contributed by atoms with Gasteiger partial charge in [0, 0.05) is 30.0 Å². The third-order valence-electron chi connectivity index (χ3n) is 4.84. The average molecular weight is 511 g/mol. The molecule has 1 fully saturated rings. The Morgan fingerprint density at radius 1 is 1.09 bits per heavy atom. The molecule has 3 aromatic rings. The standard InChI is InChI=1S/C21H20Cl2N4O5S/c22-15-1-6-20(18(23)13-15)32-14-26-8-7-19(25-26)21(28)24-16-2-4-17(5-3-16)33(29,30)27-9-11-31-12-10-27/h1-8,13H,9-12,14H2,(H,24,28). The van der Waals surface area contributed by atoms with Crippen LogP contribution in [0.5, 0.6) is 5.75 Å². The topological polar surface area (TPSA) is 103 Å². The number of carbonyl (C=O) groups excluding carboxylic acids is 1. The Hall–Kier alpha value is -2.63. The highest BCUT2D eigenvalue weighted by atomic mass is 35.5. The van der Waals surface area contributed by atoms with E-state index in [9.17, 15) is 13.2 Å². The molecular formula is C21H20Cl2N4O5S. The van der Waals surface area contributed by atoms with Crippen molar-refractivity contribution in [3.8, 4) is 5.75 Å². The SMILES string of the molecule is O=C(Nc1ccc(S(=O)(=O)N2CCOCC2)cc1)c1ccn(COc2ccc(Cl)cc2Cl)n1. The number of nitrogens with zero attached hydrogens (tertiary/aromatic N) is 3. The number of morpholine rings is 1. The first-order valence-corrected chi connectivity index (χ1v) is 12.1.